The van der Waals surface area contributed by atoms with E-state index in [0.29, 0.717) is 12.0 Å². The summed E-state index contributed by atoms with van der Waals surface area (Å²) in [6.07, 6.45) is 7.89. The molecule has 0 N–H and O–H groups in total. The number of hydrogen-bond donors (Lipinski definition) is 0. The molecular formula is C22H30O5. The lowest BCUT2D eigenvalue weighted by Gasteiger charge is -2.21. The van der Waals surface area contributed by atoms with Gasteiger partial charge >= 0.3 is 11.9 Å². The summed E-state index contributed by atoms with van der Waals surface area (Å²) < 4.78 is 17.1. The molecule has 4 atom stereocenters. The van der Waals surface area contributed by atoms with E-state index >= 15 is 0 Å². The molecule has 0 aromatic carbocycles. The average molecular weight is 374 g/mol. The van der Waals surface area contributed by atoms with E-state index in [9.17, 15) is 9.59 Å². The molecular weight excluding hydrogens is 344 g/mol. The van der Waals surface area contributed by atoms with Crippen molar-refractivity contribution in [2.45, 2.75) is 90.6 Å². The number of epoxide rings is 1. The molecule has 5 nitrogen and oxygen atoms in total. The van der Waals surface area contributed by atoms with Gasteiger partial charge in [-0.2, -0.15) is 0 Å². The Morgan fingerprint density at radius 1 is 1.30 bits per heavy atom. The molecule has 1 aliphatic carbocycles. The molecule has 0 spiro atoms. The van der Waals surface area contributed by atoms with Gasteiger partial charge in [-0.1, -0.05) is 11.6 Å². The minimum Gasteiger partial charge on any atom is -0.458 e. The summed E-state index contributed by atoms with van der Waals surface area (Å²) in [6.45, 7) is 9.42. The van der Waals surface area contributed by atoms with Crippen molar-refractivity contribution >= 4 is 11.9 Å². The van der Waals surface area contributed by atoms with Crippen molar-refractivity contribution in [3.05, 3.63) is 34.4 Å². The minimum absolute atomic E-state index is 0.0560. The lowest BCUT2D eigenvalue weighted by atomic mass is 9.91. The molecule has 1 fully saturated rings. The standard InChI is InChI=1S/C22H30O5/c1-13-8-9-20-22(5,27-20)10-6-7-14(2)18(25-16(4)23)12-17-15(3)21(24)26-19(17)11-13/h7,11,18-20H,6,8-10,12H2,1-5H3/b13-11+,14-7-. The molecule has 2 heterocycles. The van der Waals surface area contributed by atoms with Gasteiger partial charge in [0.25, 0.3) is 0 Å². The van der Waals surface area contributed by atoms with Crippen molar-refractivity contribution in [3.8, 4) is 0 Å². The zero-order chi connectivity index (χ0) is 19.8. The summed E-state index contributed by atoms with van der Waals surface area (Å²) in [5.74, 6) is -0.608. The highest BCUT2D eigenvalue weighted by Crippen LogP contribution is 2.44. The lowest BCUT2D eigenvalue weighted by Crippen LogP contribution is -2.22. The number of hydrogen-bond acceptors (Lipinski definition) is 5. The zero-order valence-electron chi connectivity index (χ0n) is 17.0. The first-order valence-corrected chi connectivity index (χ1v) is 9.79. The van der Waals surface area contributed by atoms with Crippen molar-refractivity contribution in [2.75, 3.05) is 0 Å². The van der Waals surface area contributed by atoms with Crippen LogP contribution in [0.5, 0.6) is 0 Å². The van der Waals surface area contributed by atoms with Crippen molar-refractivity contribution in [1.29, 1.82) is 0 Å². The molecule has 4 unspecified atom stereocenters. The highest BCUT2D eigenvalue weighted by Gasteiger charge is 2.50. The van der Waals surface area contributed by atoms with Gasteiger partial charge in [0.1, 0.15) is 12.2 Å². The van der Waals surface area contributed by atoms with Crippen molar-refractivity contribution in [1.82, 2.24) is 0 Å². The van der Waals surface area contributed by atoms with Crippen LogP contribution in [-0.4, -0.2) is 35.9 Å². The smallest absolute Gasteiger partial charge is 0.334 e. The van der Waals surface area contributed by atoms with Gasteiger partial charge in [0.2, 0.25) is 0 Å². The van der Waals surface area contributed by atoms with Crippen LogP contribution in [-0.2, 0) is 23.8 Å². The number of rotatable bonds is 1. The van der Waals surface area contributed by atoms with Crippen LogP contribution in [0.25, 0.3) is 0 Å². The second kappa shape index (κ2) is 7.63. The molecule has 5 heteroatoms. The van der Waals surface area contributed by atoms with E-state index in [1.807, 2.05) is 13.0 Å². The van der Waals surface area contributed by atoms with Gasteiger partial charge in [0.15, 0.2) is 0 Å². The normalized spacial score (nSPS) is 38.4. The third kappa shape index (κ3) is 4.52. The summed E-state index contributed by atoms with van der Waals surface area (Å²) in [7, 11) is 0. The Hall–Kier alpha value is -1.88. The Morgan fingerprint density at radius 3 is 2.74 bits per heavy atom. The minimum atomic E-state index is -0.384. The van der Waals surface area contributed by atoms with Gasteiger partial charge in [-0.3, -0.25) is 4.79 Å². The fourth-order valence-corrected chi connectivity index (χ4v) is 4.01. The topological polar surface area (TPSA) is 65.1 Å². The Kier molecular flexibility index (Phi) is 5.61. The highest BCUT2D eigenvalue weighted by atomic mass is 16.6. The van der Waals surface area contributed by atoms with E-state index in [1.54, 1.807) is 6.92 Å². The number of ether oxygens (including phenoxy) is 3. The fraction of sp³-hybridized carbons (Fsp3) is 0.636. The van der Waals surface area contributed by atoms with Crippen LogP contribution in [0.4, 0.5) is 0 Å². The molecule has 148 valence electrons. The number of esters is 2. The second-order valence-electron chi connectivity index (χ2n) is 8.24. The largest absolute Gasteiger partial charge is 0.458 e. The molecule has 0 amide bonds. The monoisotopic (exact) mass is 374 g/mol. The first-order chi connectivity index (χ1) is 12.7. The van der Waals surface area contributed by atoms with Crippen LogP contribution in [0.2, 0.25) is 0 Å². The van der Waals surface area contributed by atoms with E-state index < -0.39 is 0 Å². The van der Waals surface area contributed by atoms with Crippen LogP contribution in [0.15, 0.2) is 34.4 Å². The van der Waals surface area contributed by atoms with Gasteiger partial charge in [-0.05, 0) is 70.6 Å². The summed E-state index contributed by atoms with van der Waals surface area (Å²) in [5.41, 5.74) is 3.66. The SMILES string of the molecule is CC(=O)OC1CC2=C(C)C(=O)OC2/C=C(\C)CCC2OC2(C)CC/C=C\1C. The number of carbonyl (C=O) groups excluding carboxylic acids is 2. The van der Waals surface area contributed by atoms with E-state index in [1.165, 1.54) is 12.5 Å². The molecule has 0 bridgehead atoms. The first kappa shape index (κ1) is 19.9. The third-order valence-corrected chi connectivity index (χ3v) is 5.97. The fourth-order valence-electron chi connectivity index (χ4n) is 4.01. The molecule has 0 aromatic rings. The maximum atomic E-state index is 12.1. The van der Waals surface area contributed by atoms with Crippen molar-refractivity contribution < 1.29 is 23.8 Å². The summed E-state index contributed by atoms with van der Waals surface area (Å²) in [6, 6.07) is 0. The predicted molar refractivity (Wildman–Crippen MR) is 102 cm³/mol. The Balaban J connectivity index is 1.91. The summed E-state index contributed by atoms with van der Waals surface area (Å²) in [4.78, 5) is 23.8. The van der Waals surface area contributed by atoms with Crippen LogP contribution in [0, 0.1) is 0 Å². The van der Waals surface area contributed by atoms with Crippen LogP contribution in [0.1, 0.15) is 66.7 Å². The molecule has 3 aliphatic rings. The number of carbonyl (C=O) groups is 2. The Labute approximate surface area is 161 Å². The van der Waals surface area contributed by atoms with Crippen molar-refractivity contribution in [3.63, 3.8) is 0 Å². The maximum absolute atomic E-state index is 12.1. The number of allylic oxidation sites excluding steroid dienone is 2. The average Bonchev–Trinajstić information content (AvgIpc) is 3.16. The van der Waals surface area contributed by atoms with Gasteiger partial charge in [0.05, 0.1) is 11.7 Å². The van der Waals surface area contributed by atoms with Crippen molar-refractivity contribution in [2.24, 2.45) is 0 Å². The number of fused-ring (bicyclic) bond motifs is 2. The zero-order valence-corrected chi connectivity index (χ0v) is 17.0. The molecule has 1 saturated heterocycles. The van der Waals surface area contributed by atoms with Gasteiger partial charge in [0, 0.05) is 18.9 Å². The van der Waals surface area contributed by atoms with E-state index in [4.69, 9.17) is 14.2 Å². The van der Waals surface area contributed by atoms with Gasteiger partial charge in [-0.15, -0.1) is 0 Å². The molecule has 27 heavy (non-hydrogen) atoms. The van der Waals surface area contributed by atoms with Crippen LogP contribution < -0.4 is 0 Å². The Morgan fingerprint density at radius 2 is 2.04 bits per heavy atom. The van der Waals surface area contributed by atoms with E-state index in [2.05, 4.69) is 19.9 Å². The van der Waals surface area contributed by atoms with Gasteiger partial charge in [-0.25, -0.2) is 4.79 Å². The highest BCUT2D eigenvalue weighted by molar-refractivity contribution is 5.92. The summed E-state index contributed by atoms with van der Waals surface area (Å²) in [5, 5.41) is 0. The molecule has 0 saturated carbocycles. The lowest BCUT2D eigenvalue weighted by molar-refractivity contribution is -0.145. The molecule has 0 radical (unpaired) electrons. The van der Waals surface area contributed by atoms with Crippen LogP contribution >= 0.6 is 0 Å². The second-order valence-corrected chi connectivity index (χ2v) is 8.24. The molecule has 3 rings (SSSR count). The molecule has 0 aromatic heterocycles. The Bertz CT molecular complexity index is 729. The van der Waals surface area contributed by atoms with E-state index in [0.717, 1.165) is 36.8 Å². The quantitative estimate of drug-likeness (QED) is 0.391. The third-order valence-electron chi connectivity index (χ3n) is 5.97. The summed E-state index contributed by atoms with van der Waals surface area (Å²) >= 11 is 0. The van der Waals surface area contributed by atoms with Gasteiger partial charge < -0.3 is 14.2 Å². The molecule has 2 aliphatic heterocycles. The van der Waals surface area contributed by atoms with Crippen LogP contribution in [0.3, 0.4) is 0 Å². The maximum Gasteiger partial charge on any atom is 0.334 e. The predicted octanol–water partition coefficient (Wildman–Crippen LogP) is 4.17. The first-order valence-electron chi connectivity index (χ1n) is 9.79. The van der Waals surface area contributed by atoms with E-state index in [-0.39, 0.29) is 35.9 Å².